The number of benzene rings is 3. The zero-order chi connectivity index (χ0) is 22.0. The highest BCUT2D eigenvalue weighted by Gasteiger charge is 2.13. The van der Waals surface area contributed by atoms with E-state index in [-0.39, 0.29) is 24.9 Å². The highest BCUT2D eigenvalue weighted by atomic mass is 35.5. The summed E-state index contributed by atoms with van der Waals surface area (Å²) >= 11 is 12.1. The van der Waals surface area contributed by atoms with E-state index in [2.05, 4.69) is 10.3 Å². The Bertz CT molecular complexity index is 1290. The Morgan fingerprint density at radius 3 is 2.62 bits per heavy atom. The largest absolute Gasteiger partial charge is 0.487 e. The number of nitrogens with one attached hydrogen (secondary N) is 1. The summed E-state index contributed by atoms with van der Waals surface area (Å²) in [6.07, 6.45) is 0. The fraction of sp³-hybridized carbons (Fsp3) is 0.0833. The van der Waals surface area contributed by atoms with E-state index in [1.54, 1.807) is 36.4 Å². The van der Waals surface area contributed by atoms with Crippen molar-refractivity contribution in [2.45, 2.75) is 13.5 Å². The first-order valence-corrected chi connectivity index (χ1v) is 10.3. The molecule has 0 aliphatic carbocycles. The van der Waals surface area contributed by atoms with Crippen molar-refractivity contribution in [2.75, 3.05) is 11.1 Å². The quantitative estimate of drug-likeness (QED) is 0.328. The fourth-order valence-electron chi connectivity index (χ4n) is 3.28. The molecule has 32 heavy (non-hydrogen) atoms. The molecule has 0 saturated carbocycles. The molecule has 3 N–H and O–H groups in total. The minimum absolute atomic E-state index is 0. The summed E-state index contributed by atoms with van der Waals surface area (Å²) < 4.78 is 5.81. The zero-order valence-corrected chi connectivity index (χ0v) is 19.4. The number of aryl methyl sites for hydroxylation is 1. The Morgan fingerprint density at radius 1 is 1.06 bits per heavy atom. The molecule has 0 aliphatic rings. The van der Waals surface area contributed by atoms with E-state index >= 15 is 0 Å². The highest BCUT2D eigenvalue weighted by molar-refractivity contribution is 6.35. The predicted molar refractivity (Wildman–Crippen MR) is 133 cm³/mol. The summed E-state index contributed by atoms with van der Waals surface area (Å²) in [5, 5.41) is 4.65. The van der Waals surface area contributed by atoms with E-state index in [0.717, 1.165) is 22.2 Å². The van der Waals surface area contributed by atoms with Gasteiger partial charge in [-0.25, -0.2) is 0 Å². The van der Waals surface area contributed by atoms with E-state index in [1.165, 1.54) is 0 Å². The van der Waals surface area contributed by atoms with Crippen LogP contribution >= 0.6 is 35.6 Å². The van der Waals surface area contributed by atoms with Crippen LogP contribution in [0.2, 0.25) is 10.0 Å². The van der Waals surface area contributed by atoms with E-state index in [0.29, 0.717) is 32.7 Å². The number of rotatable bonds is 5. The predicted octanol–water partition coefficient (Wildman–Crippen LogP) is 6.69. The van der Waals surface area contributed by atoms with Crippen LogP contribution in [0.15, 0.2) is 66.7 Å². The number of aromatic nitrogens is 1. The number of hydrogen-bond donors (Lipinski definition) is 2. The SMILES string of the molecule is Cc1cc(N)c2cc(NC(=O)c3ccccc3COc3ccc(Cl)cc3Cl)ccc2n1.Cl. The molecule has 4 rings (SSSR count). The van der Waals surface area contributed by atoms with Crippen LogP contribution in [0.4, 0.5) is 11.4 Å². The second-order valence-corrected chi connectivity index (χ2v) is 7.90. The second kappa shape index (κ2) is 10.1. The van der Waals surface area contributed by atoms with Gasteiger partial charge in [-0.2, -0.15) is 0 Å². The van der Waals surface area contributed by atoms with Crippen molar-refractivity contribution in [1.82, 2.24) is 4.98 Å². The molecular formula is C24H20Cl3N3O2. The normalized spacial score (nSPS) is 10.5. The molecule has 0 aliphatic heterocycles. The number of carbonyl (C=O) groups is 1. The fourth-order valence-corrected chi connectivity index (χ4v) is 3.74. The second-order valence-electron chi connectivity index (χ2n) is 7.06. The van der Waals surface area contributed by atoms with Crippen LogP contribution in [0.25, 0.3) is 10.9 Å². The first kappa shape index (κ1) is 23.7. The molecule has 3 aromatic carbocycles. The molecule has 0 atom stereocenters. The van der Waals surface area contributed by atoms with E-state index in [9.17, 15) is 4.79 Å². The number of nitrogens with zero attached hydrogens (tertiary/aromatic N) is 1. The zero-order valence-electron chi connectivity index (χ0n) is 17.1. The number of halogens is 3. The Balaban J connectivity index is 0.00000289. The van der Waals surface area contributed by atoms with Gasteiger partial charge in [0.2, 0.25) is 0 Å². The number of nitrogens with two attached hydrogens (primary N) is 1. The average Bonchev–Trinajstić information content (AvgIpc) is 2.74. The van der Waals surface area contributed by atoms with Crippen LogP contribution in [-0.2, 0) is 6.61 Å². The van der Waals surface area contributed by atoms with Gasteiger partial charge in [0.15, 0.2) is 0 Å². The summed E-state index contributed by atoms with van der Waals surface area (Å²) in [6, 6.07) is 19.5. The van der Waals surface area contributed by atoms with Gasteiger partial charge in [0, 0.05) is 38.6 Å². The van der Waals surface area contributed by atoms with Gasteiger partial charge in [-0.05, 0) is 55.5 Å². The molecule has 8 heteroatoms. The summed E-state index contributed by atoms with van der Waals surface area (Å²) in [6.45, 7) is 2.07. The lowest BCUT2D eigenvalue weighted by Crippen LogP contribution is -2.15. The molecule has 0 spiro atoms. The number of nitrogen functional groups attached to an aromatic ring is 1. The van der Waals surface area contributed by atoms with E-state index in [4.69, 9.17) is 33.7 Å². The molecule has 1 amide bonds. The van der Waals surface area contributed by atoms with Crippen molar-refractivity contribution in [3.63, 3.8) is 0 Å². The third-order valence-corrected chi connectivity index (χ3v) is 5.30. The lowest BCUT2D eigenvalue weighted by Gasteiger charge is -2.13. The van der Waals surface area contributed by atoms with Crippen molar-refractivity contribution in [3.8, 4) is 5.75 Å². The van der Waals surface area contributed by atoms with Gasteiger partial charge in [0.25, 0.3) is 5.91 Å². The smallest absolute Gasteiger partial charge is 0.256 e. The first-order valence-electron chi connectivity index (χ1n) is 9.55. The summed E-state index contributed by atoms with van der Waals surface area (Å²) in [5.41, 5.74) is 10.2. The molecular weight excluding hydrogens is 469 g/mol. The third-order valence-electron chi connectivity index (χ3n) is 4.77. The number of carbonyl (C=O) groups excluding carboxylic acids is 1. The molecule has 5 nitrogen and oxygen atoms in total. The van der Waals surface area contributed by atoms with Crippen LogP contribution < -0.4 is 15.8 Å². The molecule has 0 unspecified atom stereocenters. The van der Waals surface area contributed by atoms with Crippen molar-refractivity contribution in [1.29, 1.82) is 0 Å². The number of hydrogen-bond acceptors (Lipinski definition) is 4. The Morgan fingerprint density at radius 2 is 1.84 bits per heavy atom. The molecule has 0 bridgehead atoms. The van der Waals surface area contributed by atoms with Gasteiger partial charge in [-0.1, -0.05) is 41.4 Å². The minimum Gasteiger partial charge on any atom is -0.487 e. The van der Waals surface area contributed by atoms with Crippen LogP contribution in [0.1, 0.15) is 21.6 Å². The van der Waals surface area contributed by atoms with Gasteiger partial charge in [0.05, 0.1) is 10.5 Å². The van der Waals surface area contributed by atoms with Crippen molar-refractivity contribution >= 4 is 63.8 Å². The van der Waals surface area contributed by atoms with Gasteiger partial charge >= 0.3 is 0 Å². The standard InChI is InChI=1S/C24H19Cl2N3O2.ClH/c1-14-10-21(27)19-12-17(7-8-22(19)28-14)29-24(30)18-5-3-2-4-15(18)13-31-23-9-6-16(25)11-20(23)26;/h2-12H,13H2,1H3,(H2,27,28)(H,29,30);1H. The van der Waals surface area contributed by atoms with Crippen molar-refractivity contribution in [2.24, 2.45) is 0 Å². The Hall–Kier alpha value is -2.99. The summed E-state index contributed by atoms with van der Waals surface area (Å²) in [4.78, 5) is 17.4. The van der Waals surface area contributed by atoms with Crippen LogP contribution in [0, 0.1) is 6.92 Å². The van der Waals surface area contributed by atoms with Crippen molar-refractivity contribution in [3.05, 3.63) is 93.6 Å². The Kier molecular flexibility index (Phi) is 7.46. The number of ether oxygens (including phenoxy) is 1. The van der Waals surface area contributed by atoms with Gasteiger partial charge in [0.1, 0.15) is 12.4 Å². The topological polar surface area (TPSA) is 77.2 Å². The Labute approximate surface area is 201 Å². The maximum atomic E-state index is 13.0. The van der Waals surface area contributed by atoms with Crippen LogP contribution in [-0.4, -0.2) is 10.9 Å². The number of fused-ring (bicyclic) bond motifs is 1. The summed E-state index contributed by atoms with van der Waals surface area (Å²) in [7, 11) is 0. The molecule has 0 radical (unpaired) electrons. The van der Waals surface area contributed by atoms with Crippen LogP contribution in [0.5, 0.6) is 5.75 Å². The molecule has 0 saturated heterocycles. The van der Waals surface area contributed by atoms with E-state index in [1.807, 2.05) is 37.3 Å². The molecule has 164 valence electrons. The third kappa shape index (κ3) is 5.25. The highest BCUT2D eigenvalue weighted by Crippen LogP contribution is 2.29. The lowest BCUT2D eigenvalue weighted by molar-refractivity contribution is 0.102. The van der Waals surface area contributed by atoms with Crippen LogP contribution in [0.3, 0.4) is 0 Å². The monoisotopic (exact) mass is 487 g/mol. The first-order chi connectivity index (χ1) is 14.9. The number of anilines is 2. The maximum absolute atomic E-state index is 13.0. The number of pyridine rings is 1. The van der Waals surface area contributed by atoms with E-state index < -0.39 is 0 Å². The average molecular weight is 489 g/mol. The maximum Gasteiger partial charge on any atom is 0.256 e. The number of amides is 1. The summed E-state index contributed by atoms with van der Waals surface area (Å²) in [5.74, 6) is 0.244. The van der Waals surface area contributed by atoms with Gasteiger partial charge in [-0.3, -0.25) is 9.78 Å². The lowest BCUT2D eigenvalue weighted by atomic mass is 10.1. The molecule has 1 aromatic heterocycles. The molecule has 1 heterocycles. The van der Waals surface area contributed by atoms with Gasteiger partial charge in [-0.15, -0.1) is 12.4 Å². The molecule has 4 aromatic rings. The van der Waals surface area contributed by atoms with Crippen molar-refractivity contribution < 1.29 is 9.53 Å². The van der Waals surface area contributed by atoms with Gasteiger partial charge < -0.3 is 15.8 Å². The minimum atomic E-state index is -0.251. The molecule has 0 fully saturated rings.